The summed E-state index contributed by atoms with van der Waals surface area (Å²) in [5, 5.41) is 13.1. The van der Waals surface area contributed by atoms with Crippen molar-refractivity contribution < 1.29 is 14.6 Å². The molecule has 2 aliphatic rings. The zero-order chi connectivity index (χ0) is 22.2. The molecule has 0 spiro atoms. The van der Waals surface area contributed by atoms with Crippen LogP contribution in [0.5, 0.6) is 5.75 Å². The van der Waals surface area contributed by atoms with Gasteiger partial charge in [0.05, 0.1) is 6.21 Å². The summed E-state index contributed by atoms with van der Waals surface area (Å²) in [5.74, 6) is 1.17. The lowest BCUT2D eigenvalue weighted by Gasteiger charge is -2.30. The highest BCUT2D eigenvalue weighted by atomic mass is 16.5. The van der Waals surface area contributed by atoms with Gasteiger partial charge in [0.15, 0.2) is 6.61 Å². The Morgan fingerprint density at radius 2 is 1.56 bits per heavy atom. The maximum absolute atomic E-state index is 10.8. The second kappa shape index (κ2) is 10.7. The Labute approximate surface area is 187 Å². The molecule has 0 bridgehead atoms. The lowest BCUT2D eigenvalue weighted by molar-refractivity contribution is -0.139. The summed E-state index contributed by atoms with van der Waals surface area (Å²) < 4.78 is 5.33. The highest BCUT2D eigenvalue weighted by Crippen LogP contribution is 2.22. The first kappa shape index (κ1) is 21.8. The van der Waals surface area contributed by atoms with E-state index in [4.69, 9.17) is 14.8 Å². The minimum Gasteiger partial charge on any atom is -0.481 e. The molecule has 10 heteroatoms. The Bertz CT molecular complexity index is 905. The Kier molecular flexibility index (Phi) is 7.31. The zero-order valence-electron chi connectivity index (χ0n) is 18.1. The molecule has 0 aliphatic carbocycles. The molecule has 0 unspecified atom stereocenters. The molecule has 0 atom stereocenters. The standard InChI is InChI=1S/C22H29N7O3/c30-19(31)16-32-18-10-4-3-9-17(18)15-23-27-20-24-21(28-11-5-1-6-12-28)26-22(25-20)29-13-7-2-8-14-29/h3-4,9-10,15H,1-2,5-8,11-14,16H2,(H,30,31)(H,24,25,26,27). The van der Waals surface area contributed by atoms with E-state index in [0.717, 1.165) is 51.9 Å². The van der Waals surface area contributed by atoms with Gasteiger partial charge in [0.1, 0.15) is 5.75 Å². The molecule has 3 heterocycles. The van der Waals surface area contributed by atoms with Gasteiger partial charge in [-0.15, -0.1) is 0 Å². The van der Waals surface area contributed by atoms with Crippen molar-refractivity contribution in [3.05, 3.63) is 29.8 Å². The molecule has 0 saturated carbocycles. The van der Waals surface area contributed by atoms with E-state index < -0.39 is 12.6 Å². The molecule has 2 aliphatic heterocycles. The highest BCUT2D eigenvalue weighted by molar-refractivity contribution is 5.84. The van der Waals surface area contributed by atoms with E-state index >= 15 is 0 Å². The number of piperidine rings is 2. The van der Waals surface area contributed by atoms with Crippen LogP contribution in [0.25, 0.3) is 0 Å². The van der Waals surface area contributed by atoms with E-state index in [1.54, 1.807) is 24.4 Å². The van der Waals surface area contributed by atoms with Crippen molar-refractivity contribution in [1.29, 1.82) is 0 Å². The molecule has 0 radical (unpaired) electrons. The summed E-state index contributed by atoms with van der Waals surface area (Å²) in [7, 11) is 0. The van der Waals surface area contributed by atoms with Crippen LogP contribution >= 0.6 is 0 Å². The molecule has 10 nitrogen and oxygen atoms in total. The predicted molar refractivity (Wildman–Crippen MR) is 123 cm³/mol. The first-order valence-corrected chi connectivity index (χ1v) is 11.2. The first-order valence-electron chi connectivity index (χ1n) is 11.2. The molecule has 2 aromatic rings. The van der Waals surface area contributed by atoms with E-state index in [0.29, 0.717) is 29.2 Å². The Morgan fingerprint density at radius 1 is 0.969 bits per heavy atom. The van der Waals surface area contributed by atoms with Crippen molar-refractivity contribution in [3.63, 3.8) is 0 Å². The summed E-state index contributed by atoms with van der Waals surface area (Å²) in [4.78, 5) is 29.2. The molecule has 1 aromatic carbocycles. The molecular weight excluding hydrogens is 410 g/mol. The number of carbonyl (C=O) groups is 1. The maximum Gasteiger partial charge on any atom is 0.341 e. The third-order valence-corrected chi connectivity index (χ3v) is 5.53. The molecule has 2 saturated heterocycles. The lowest BCUT2D eigenvalue weighted by Crippen LogP contribution is -2.34. The zero-order valence-corrected chi connectivity index (χ0v) is 18.1. The number of hydrogen-bond donors (Lipinski definition) is 2. The van der Waals surface area contributed by atoms with Crippen LogP contribution in [0.4, 0.5) is 17.8 Å². The van der Waals surface area contributed by atoms with Gasteiger partial charge in [-0.05, 0) is 50.7 Å². The summed E-state index contributed by atoms with van der Waals surface area (Å²) in [6, 6.07) is 7.12. The van der Waals surface area contributed by atoms with Gasteiger partial charge in [-0.25, -0.2) is 10.2 Å². The molecule has 32 heavy (non-hydrogen) atoms. The van der Waals surface area contributed by atoms with Crippen LogP contribution in [-0.4, -0.2) is 65.0 Å². The monoisotopic (exact) mass is 439 g/mol. The van der Waals surface area contributed by atoms with Crippen molar-refractivity contribution in [2.45, 2.75) is 38.5 Å². The van der Waals surface area contributed by atoms with Crippen LogP contribution in [-0.2, 0) is 4.79 Å². The van der Waals surface area contributed by atoms with Gasteiger partial charge < -0.3 is 19.6 Å². The molecule has 2 N–H and O–H groups in total. The number of hydrazone groups is 1. The Balaban J connectivity index is 1.53. The summed E-state index contributed by atoms with van der Waals surface area (Å²) in [6.45, 7) is 3.37. The van der Waals surface area contributed by atoms with E-state index in [9.17, 15) is 4.79 Å². The number of nitrogens with zero attached hydrogens (tertiary/aromatic N) is 6. The third-order valence-electron chi connectivity index (χ3n) is 5.53. The second-order valence-electron chi connectivity index (χ2n) is 7.94. The molecular formula is C22H29N7O3. The smallest absolute Gasteiger partial charge is 0.341 e. The fraction of sp³-hybridized carbons (Fsp3) is 0.500. The fourth-order valence-corrected chi connectivity index (χ4v) is 3.89. The van der Waals surface area contributed by atoms with E-state index in [1.165, 1.54) is 12.8 Å². The van der Waals surface area contributed by atoms with Crippen LogP contribution < -0.4 is 20.0 Å². The third kappa shape index (κ3) is 5.83. The van der Waals surface area contributed by atoms with Crippen molar-refractivity contribution in [1.82, 2.24) is 15.0 Å². The van der Waals surface area contributed by atoms with Crippen LogP contribution in [0.15, 0.2) is 29.4 Å². The van der Waals surface area contributed by atoms with Gasteiger partial charge in [0.2, 0.25) is 17.8 Å². The largest absolute Gasteiger partial charge is 0.481 e. The fourth-order valence-electron chi connectivity index (χ4n) is 3.89. The predicted octanol–water partition coefficient (Wildman–Crippen LogP) is 2.76. The molecule has 2 fully saturated rings. The molecule has 170 valence electrons. The number of para-hydroxylation sites is 1. The van der Waals surface area contributed by atoms with Crippen molar-refractivity contribution in [2.24, 2.45) is 5.10 Å². The lowest BCUT2D eigenvalue weighted by atomic mass is 10.1. The topological polar surface area (TPSA) is 116 Å². The van der Waals surface area contributed by atoms with Crippen molar-refractivity contribution in [3.8, 4) is 5.75 Å². The quantitative estimate of drug-likeness (QED) is 0.473. The van der Waals surface area contributed by atoms with Crippen LogP contribution in [0.3, 0.4) is 0 Å². The number of carboxylic acids is 1. The normalized spacial score (nSPS) is 16.9. The van der Waals surface area contributed by atoms with Crippen LogP contribution in [0.1, 0.15) is 44.1 Å². The van der Waals surface area contributed by atoms with Crippen LogP contribution in [0.2, 0.25) is 0 Å². The number of aliphatic carboxylic acids is 1. The molecule has 0 amide bonds. The van der Waals surface area contributed by atoms with Gasteiger partial charge >= 0.3 is 5.97 Å². The SMILES string of the molecule is O=C(O)COc1ccccc1C=NNc1nc(N2CCCCC2)nc(N2CCCCC2)n1. The number of benzene rings is 1. The maximum atomic E-state index is 10.8. The number of anilines is 3. The Morgan fingerprint density at radius 3 is 2.16 bits per heavy atom. The van der Waals surface area contributed by atoms with Gasteiger partial charge in [-0.2, -0.15) is 20.1 Å². The van der Waals surface area contributed by atoms with Gasteiger partial charge in [-0.3, -0.25) is 0 Å². The van der Waals surface area contributed by atoms with Crippen molar-refractivity contribution in [2.75, 3.05) is 48.0 Å². The van der Waals surface area contributed by atoms with Crippen LogP contribution in [0, 0.1) is 0 Å². The van der Waals surface area contributed by atoms with Gasteiger partial charge in [-0.1, -0.05) is 12.1 Å². The molecule has 1 aromatic heterocycles. The number of ether oxygens (including phenoxy) is 1. The van der Waals surface area contributed by atoms with E-state index in [-0.39, 0.29) is 0 Å². The summed E-state index contributed by atoms with van der Waals surface area (Å²) >= 11 is 0. The minimum atomic E-state index is -1.03. The van der Waals surface area contributed by atoms with Crippen molar-refractivity contribution >= 4 is 30.0 Å². The molecule has 4 rings (SSSR count). The number of aromatic nitrogens is 3. The number of nitrogens with one attached hydrogen (secondary N) is 1. The van der Waals surface area contributed by atoms with Gasteiger partial charge in [0.25, 0.3) is 0 Å². The first-order chi connectivity index (χ1) is 15.7. The number of carboxylic acid groups (broad SMARTS) is 1. The minimum absolute atomic E-state index is 0.390. The average molecular weight is 440 g/mol. The van der Waals surface area contributed by atoms with E-state index in [1.807, 2.05) is 6.07 Å². The average Bonchev–Trinajstić information content (AvgIpc) is 2.84. The Hall–Kier alpha value is -3.43. The number of hydrogen-bond acceptors (Lipinski definition) is 9. The second-order valence-corrected chi connectivity index (χ2v) is 7.94. The summed E-state index contributed by atoms with van der Waals surface area (Å²) in [5.41, 5.74) is 3.58. The van der Waals surface area contributed by atoms with E-state index in [2.05, 4.69) is 30.3 Å². The highest BCUT2D eigenvalue weighted by Gasteiger charge is 2.20. The number of rotatable bonds is 8. The summed E-state index contributed by atoms with van der Waals surface area (Å²) in [6.07, 6.45) is 8.59. The van der Waals surface area contributed by atoms with Gasteiger partial charge in [0, 0.05) is 31.7 Å².